The van der Waals surface area contributed by atoms with Crippen LogP contribution in [0.5, 0.6) is 5.75 Å². The molecular formula is C11H14N2O3. The van der Waals surface area contributed by atoms with Crippen molar-refractivity contribution in [2.24, 2.45) is 5.92 Å². The molecule has 1 aromatic heterocycles. The number of carbonyl (C=O) groups is 2. The van der Waals surface area contributed by atoms with Gasteiger partial charge in [-0.25, -0.2) is 9.97 Å². The van der Waals surface area contributed by atoms with Crippen LogP contribution in [0, 0.1) is 12.8 Å². The minimum absolute atomic E-state index is 0.156. The van der Waals surface area contributed by atoms with Gasteiger partial charge in [-0.15, -0.1) is 0 Å². The number of fused-ring (bicyclic) bond motifs is 1. The Kier molecular flexibility index (Phi) is 3.71. The van der Waals surface area contributed by atoms with Crippen LogP contribution in [-0.4, -0.2) is 21.7 Å². The molecule has 2 rings (SSSR count). The molecule has 0 fully saturated rings. The minimum atomic E-state index is -0.767. The highest BCUT2D eigenvalue weighted by atomic mass is 16.5. The standard InChI is InChI=1S/C9H8N2O3.C2H6/c1-4-8(12)7-6(14-9(4)13)3-10-5(2)11-7;1-2/h3-4H,1-2H3;1-2H3. The predicted octanol–water partition coefficient (Wildman–Crippen LogP) is 1.55. The summed E-state index contributed by atoms with van der Waals surface area (Å²) < 4.78 is 4.88. The maximum absolute atomic E-state index is 11.6. The molecule has 5 nitrogen and oxygen atoms in total. The van der Waals surface area contributed by atoms with E-state index in [-0.39, 0.29) is 17.2 Å². The molecule has 0 saturated heterocycles. The Morgan fingerprint density at radius 3 is 2.56 bits per heavy atom. The molecule has 0 aromatic carbocycles. The number of aryl methyl sites for hydroxylation is 1. The lowest BCUT2D eigenvalue weighted by molar-refractivity contribution is -0.137. The fourth-order valence-electron chi connectivity index (χ4n) is 1.22. The molecule has 1 unspecified atom stereocenters. The Labute approximate surface area is 93.9 Å². The van der Waals surface area contributed by atoms with Crippen LogP contribution in [-0.2, 0) is 4.79 Å². The van der Waals surface area contributed by atoms with Crippen molar-refractivity contribution in [3.05, 3.63) is 17.7 Å². The van der Waals surface area contributed by atoms with E-state index in [0.29, 0.717) is 5.82 Å². The summed E-state index contributed by atoms with van der Waals surface area (Å²) in [6.07, 6.45) is 1.35. The number of carbonyl (C=O) groups excluding carboxylic acids is 2. The molecule has 0 spiro atoms. The van der Waals surface area contributed by atoms with Crippen molar-refractivity contribution < 1.29 is 14.3 Å². The molecule has 86 valence electrons. The summed E-state index contributed by atoms with van der Waals surface area (Å²) in [6, 6.07) is 0. The lowest BCUT2D eigenvalue weighted by Gasteiger charge is -2.17. The summed E-state index contributed by atoms with van der Waals surface area (Å²) in [4.78, 5) is 30.5. The molecule has 1 aromatic rings. The molecule has 0 radical (unpaired) electrons. The molecular weight excluding hydrogens is 208 g/mol. The maximum atomic E-state index is 11.6. The highest BCUT2D eigenvalue weighted by Gasteiger charge is 2.34. The number of nitrogens with zero attached hydrogens (tertiary/aromatic N) is 2. The van der Waals surface area contributed by atoms with Crippen LogP contribution in [0.15, 0.2) is 6.20 Å². The van der Waals surface area contributed by atoms with Crippen molar-refractivity contribution in [1.29, 1.82) is 0 Å². The molecule has 1 aliphatic rings. The van der Waals surface area contributed by atoms with Gasteiger partial charge in [-0.2, -0.15) is 0 Å². The first-order valence-corrected chi connectivity index (χ1v) is 5.19. The van der Waals surface area contributed by atoms with Gasteiger partial charge >= 0.3 is 5.97 Å². The van der Waals surface area contributed by atoms with E-state index >= 15 is 0 Å². The largest absolute Gasteiger partial charge is 0.422 e. The van der Waals surface area contributed by atoms with Crippen molar-refractivity contribution in [3.8, 4) is 5.75 Å². The van der Waals surface area contributed by atoms with Crippen LogP contribution >= 0.6 is 0 Å². The summed E-state index contributed by atoms with van der Waals surface area (Å²) in [5.41, 5.74) is 0.199. The second-order valence-electron chi connectivity index (χ2n) is 3.14. The highest BCUT2D eigenvalue weighted by Crippen LogP contribution is 2.25. The van der Waals surface area contributed by atoms with Gasteiger partial charge in [0.15, 0.2) is 17.2 Å². The number of ketones is 1. The molecule has 0 amide bonds. The third kappa shape index (κ3) is 2.08. The average molecular weight is 222 g/mol. The van der Waals surface area contributed by atoms with Gasteiger partial charge in [-0.05, 0) is 13.8 Å². The first-order chi connectivity index (χ1) is 7.59. The SMILES string of the molecule is CC.Cc1ncc2c(n1)C(=O)C(C)C(=O)O2. The van der Waals surface area contributed by atoms with Crippen LogP contribution in [0.4, 0.5) is 0 Å². The molecule has 16 heavy (non-hydrogen) atoms. The Morgan fingerprint density at radius 2 is 1.94 bits per heavy atom. The molecule has 2 heterocycles. The van der Waals surface area contributed by atoms with Crippen LogP contribution in [0.3, 0.4) is 0 Å². The van der Waals surface area contributed by atoms with Gasteiger partial charge in [0.05, 0.1) is 6.20 Å². The second kappa shape index (κ2) is 4.83. The molecule has 0 aliphatic carbocycles. The van der Waals surface area contributed by atoms with Crippen molar-refractivity contribution >= 4 is 11.8 Å². The molecule has 1 atom stereocenters. The molecule has 0 saturated carbocycles. The molecule has 0 N–H and O–H groups in total. The number of Topliss-reactive ketones (excluding diaryl/α,β-unsaturated/α-hetero) is 1. The Hall–Kier alpha value is -1.78. The first-order valence-electron chi connectivity index (χ1n) is 5.19. The summed E-state index contributed by atoms with van der Waals surface area (Å²) in [5.74, 6) is -0.973. The van der Waals surface area contributed by atoms with Gasteiger partial charge in [0.25, 0.3) is 0 Å². The lowest BCUT2D eigenvalue weighted by atomic mass is 10.0. The average Bonchev–Trinajstić information content (AvgIpc) is 2.30. The monoisotopic (exact) mass is 222 g/mol. The van der Waals surface area contributed by atoms with Crippen LogP contribution < -0.4 is 4.74 Å². The zero-order valence-electron chi connectivity index (χ0n) is 9.77. The number of aromatic nitrogens is 2. The van der Waals surface area contributed by atoms with E-state index in [1.165, 1.54) is 13.1 Å². The van der Waals surface area contributed by atoms with E-state index in [0.717, 1.165) is 0 Å². The van der Waals surface area contributed by atoms with Crippen LogP contribution in [0.1, 0.15) is 37.1 Å². The third-order valence-electron chi connectivity index (χ3n) is 2.07. The minimum Gasteiger partial charge on any atom is -0.422 e. The topological polar surface area (TPSA) is 69.2 Å². The lowest BCUT2D eigenvalue weighted by Crippen LogP contribution is -2.32. The molecule has 0 bridgehead atoms. The third-order valence-corrected chi connectivity index (χ3v) is 2.07. The quantitative estimate of drug-likeness (QED) is 0.492. The van der Waals surface area contributed by atoms with Crippen LogP contribution in [0.2, 0.25) is 0 Å². The Balaban J connectivity index is 0.000000606. The number of esters is 1. The van der Waals surface area contributed by atoms with Crippen molar-refractivity contribution in [2.75, 3.05) is 0 Å². The Bertz CT molecular complexity index is 429. The van der Waals surface area contributed by atoms with Gasteiger partial charge in [0.2, 0.25) is 0 Å². The zero-order chi connectivity index (χ0) is 12.3. The zero-order valence-corrected chi connectivity index (χ0v) is 9.77. The van der Waals surface area contributed by atoms with Crippen LogP contribution in [0.25, 0.3) is 0 Å². The van der Waals surface area contributed by atoms with Crippen molar-refractivity contribution in [2.45, 2.75) is 27.7 Å². The first kappa shape index (κ1) is 12.3. The van der Waals surface area contributed by atoms with Crippen molar-refractivity contribution in [3.63, 3.8) is 0 Å². The molecule has 5 heteroatoms. The van der Waals surface area contributed by atoms with E-state index in [2.05, 4.69) is 9.97 Å². The van der Waals surface area contributed by atoms with E-state index in [4.69, 9.17) is 4.74 Å². The number of ether oxygens (including phenoxy) is 1. The van der Waals surface area contributed by atoms with Gasteiger partial charge in [-0.1, -0.05) is 13.8 Å². The molecule has 1 aliphatic heterocycles. The summed E-state index contributed by atoms with van der Waals surface area (Å²) in [7, 11) is 0. The van der Waals surface area contributed by atoms with Gasteiger partial charge in [0, 0.05) is 0 Å². The fourth-order valence-corrected chi connectivity index (χ4v) is 1.22. The number of hydrogen-bond donors (Lipinski definition) is 0. The number of rotatable bonds is 0. The number of hydrogen-bond acceptors (Lipinski definition) is 5. The van der Waals surface area contributed by atoms with E-state index in [1.807, 2.05) is 13.8 Å². The van der Waals surface area contributed by atoms with Gasteiger partial charge < -0.3 is 4.74 Å². The van der Waals surface area contributed by atoms with Crippen molar-refractivity contribution in [1.82, 2.24) is 9.97 Å². The maximum Gasteiger partial charge on any atom is 0.322 e. The summed E-state index contributed by atoms with van der Waals surface area (Å²) >= 11 is 0. The van der Waals surface area contributed by atoms with E-state index in [9.17, 15) is 9.59 Å². The predicted molar refractivity (Wildman–Crippen MR) is 57.2 cm³/mol. The van der Waals surface area contributed by atoms with E-state index < -0.39 is 11.9 Å². The smallest absolute Gasteiger partial charge is 0.322 e. The van der Waals surface area contributed by atoms with E-state index in [1.54, 1.807) is 6.92 Å². The summed E-state index contributed by atoms with van der Waals surface area (Å²) in [6.45, 7) is 7.18. The fraction of sp³-hybridized carbons (Fsp3) is 0.455. The van der Waals surface area contributed by atoms with Gasteiger partial charge in [0.1, 0.15) is 11.7 Å². The Morgan fingerprint density at radius 1 is 1.31 bits per heavy atom. The summed E-state index contributed by atoms with van der Waals surface area (Å²) in [5, 5.41) is 0. The normalized spacial score (nSPS) is 18.1. The second-order valence-corrected chi connectivity index (χ2v) is 3.14. The highest BCUT2D eigenvalue weighted by molar-refractivity contribution is 6.11. The van der Waals surface area contributed by atoms with Gasteiger partial charge in [-0.3, -0.25) is 9.59 Å².